The Kier molecular flexibility index (Phi) is 7.36. The Morgan fingerprint density at radius 2 is 2.14 bits per heavy atom. The molecule has 2 aromatic rings. The van der Waals surface area contributed by atoms with Gasteiger partial charge in [-0.25, -0.2) is 8.42 Å². The highest BCUT2D eigenvalue weighted by Gasteiger charge is 2.33. The lowest BCUT2D eigenvalue weighted by molar-refractivity contribution is -0.129. The number of anilines is 2. The lowest BCUT2D eigenvalue weighted by atomic mass is 10.2. The maximum absolute atomic E-state index is 12.6. The molecule has 0 bridgehead atoms. The topological polar surface area (TPSA) is 101 Å². The third-order valence-corrected chi connectivity index (χ3v) is 8.17. The minimum absolute atomic E-state index is 0.0589. The van der Waals surface area contributed by atoms with Crippen molar-refractivity contribution in [2.75, 3.05) is 35.7 Å². The molecule has 0 radical (unpaired) electrons. The average molecular weight is 457 g/mol. The van der Waals surface area contributed by atoms with E-state index in [4.69, 9.17) is 4.74 Å². The lowest BCUT2D eigenvalue weighted by Gasteiger charge is -2.26. The number of para-hydroxylation sites is 2. The molecule has 29 heavy (non-hydrogen) atoms. The molecule has 0 saturated carbocycles. The molecule has 1 aliphatic heterocycles. The van der Waals surface area contributed by atoms with Crippen LogP contribution in [-0.4, -0.2) is 65.9 Å². The van der Waals surface area contributed by atoms with Crippen LogP contribution in [0.2, 0.25) is 0 Å². The van der Waals surface area contributed by atoms with E-state index >= 15 is 0 Å². The van der Waals surface area contributed by atoms with Crippen LogP contribution in [0.25, 0.3) is 0 Å². The second-order valence-corrected chi connectivity index (χ2v) is 10.9. The molecule has 1 aliphatic rings. The van der Waals surface area contributed by atoms with Gasteiger partial charge < -0.3 is 15.0 Å². The monoisotopic (exact) mass is 456 g/mol. The van der Waals surface area contributed by atoms with Gasteiger partial charge in [0.15, 0.2) is 14.2 Å². The highest BCUT2D eigenvalue weighted by molar-refractivity contribution is 8.01. The highest BCUT2D eigenvalue weighted by atomic mass is 32.2. The SMILES string of the molecule is CCOc1ccccc1Nc1nnc(SCC(=O)N(CC)C2CCS(=O)(=O)C2)s1. The second kappa shape index (κ2) is 9.77. The third-order valence-electron chi connectivity index (χ3n) is 4.46. The van der Waals surface area contributed by atoms with Gasteiger partial charge in [-0.2, -0.15) is 0 Å². The Hall–Kier alpha value is -1.85. The number of ether oxygens (including phenoxy) is 1. The van der Waals surface area contributed by atoms with Crippen molar-refractivity contribution in [1.29, 1.82) is 0 Å². The van der Waals surface area contributed by atoms with Gasteiger partial charge in [0.25, 0.3) is 0 Å². The first-order valence-corrected chi connectivity index (χ1v) is 13.0. The highest BCUT2D eigenvalue weighted by Crippen LogP contribution is 2.32. The van der Waals surface area contributed by atoms with Crippen molar-refractivity contribution in [3.05, 3.63) is 24.3 Å². The maximum atomic E-state index is 12.6. The molecule has 1 atom stereocenters. The van der Waals surface area contributed by atoms with Crippen LogP contribution in [0.15, 0.2) is 28.6 Å². The normalized spacial score (nSPS) is 17.8. The van der Waals surface area contributed by atoms with Crippen molar-refractivity contribution >= 4 is 49.7 Å². The number of thioether (sulfide) groups is 1. The first-order valence-electron chi connectivity index (χ1n) is 9.37. The van der Waals surface area contributed by atoms with Crippen molar-refractivity contribution in [3.63, 3.8) is 0 Å². The number of carbonyl (C=O) groups is 1. The summed E-state index contributed by atoms with van der Waals surface area (Å²) in [5, 5.41) is 12.1. The van der Waals surface area contributed by atoms with Crippen LogP contribution >= 0.6 is 23.1 Å². The van der Waals surface area contributed by atoms with Crippen LogP contribution in [0, 0.1) is 0 Å². The predicted molar refractivity (Wildman–Crippen MR) is 116 cm³/mol. The van der Waals surface area contributed by atoms with Crippen LogP contribution in [0.5, 0.6) is 5.75 Å². The number of carbonyl (C=O) groups excluding carboxylic acids is 1. The fourth-order valence-corrected chi connectivity index (χ4v) is 6.53. The number of nitrogens with one attached hydrogen (secondary N) is 1. The summed E-state index contributed by atoms with van der Waals surface area (Å²) in [6, 6.07) is 7.36. The van der Waals surface area contributed by atoms with E-state index in [1.54, 1.807) is 4.90 Å². The van der Waals surface area contributed by atoms with Gasteiger partial charge >= 0.3 is 0 Å². The Balaban J connectivity index is 1.57. The standard InChI is InChI=1S/C18H24N4O4S3/c1-3-22(13-9-10-29(24,25)12-13)16(23)11-27-18-21-20-17(28-18)19-14-7-5-6-8-15(14)26-4-2/h5-8,13H,3-4,9-12H2,1-2H3,(H,19,20). The summed E-state index contributed by atoms with van der Waals surface area (Å²) in [6.45, 7) is 4.86. The van der Waals surface area contributed by atoms with Gasteiger partial charge in [-0.15, -0.1) is 10.2 Å². The van der Waals surface area contributed by atoms with Crippen LogP contribution < -0.4 is 10.1 Å². The van der Waals surface area contributed by atoms with E-state index in [1.807, 2.05) is 38.1 Å². The molecule has 1 amide bonds. The molecule has 1 aromatic heterocycles. The molecular formula is C18H24N4O4S3. The Morgan fingerprint density at radius 1 is 1.34 bits per heavy atom. The summed E-state index contributed by atoms with van der Waals surface area (Å²) >= 11 is 2.67. The van der Waals surface area contributed by atoms with Gasteiger partial charge in [0.05, 0.1) is 29.6 Å². The zero-order valence-electron chi connectivity index (χ0n) is 16.3. The summed E-state index contributed by atoms with van der Waals surface area (Å²) in [5.41, 5.74) is 0.803. The van der Waals surface area contributed by atoms with Crippen LogP contribution in [0.4, 0.5) is 10.8 Å². The Bertz CT molecular complexity index is 948. The van der Waals surface area contributed by atoms with E-state index in [0.29, 0.717) is 29.0 Å². The smallest absolute Gasteiger partial charge is 0.233 e. The minimum atomic E-state index is -3.02. The number of amides is 1. The largest absolute Gasteiger partial charge is 0.492 e. The number of nitrogens with zero attached hydrogens (tertiary/aromatic N) is 3. The molecule has 8 nitrogen and oxygen atoms in total. The number of hydrogen-bond acceptors (Lipinski definition) is 9. The van der Waals surface area contributed by atoms with Gasteiger partial charge in [0, 0.05) is 12.6 Å². The second-order valence-electron chi connectivity index (χ2n) is 6.45. The summed E-state index contributed by atoms with van der Waals surface area (Å²) < 4.78 is 29.7. The number of benzene rings is 1. The zero-order valence-corrected chi connectivity index (χ0v) is 18.8. The lowest BCUT2D eigenvalue weighted by Crippen LogP contribution is -2.41. The molecule has 0 aliphatic carbocycles. The minimum Gasteiger partial charge on any atom is -0.492 e. The van der Waals surface area contributed by atoms with Crippen LogP contribution in [0.1, 0.15) is 20.3 Å². The van der Waals surface area contributed by atoms with Crippen LogP contribution in [0.3, 0.4) is 0 Å². The van der Waals surface area contributed by atoms with Crippen molar-refractivity contribution in [2.24, 2.45) is 0 Å². The number of aromatic nitrogens is 2. The van der Waals surface area contributed by atoms with E-state index in [1.165, 1.54) is 23.1 Å². The van der Waals surface area contributed by atoms with Crippen molar-refractivity contribution < 1.29 is 17.9 Å². The van der Waals surface area contributed by atoms with Gasteiger partial charge in [-0.05, 0) is 32.4 Å². The predicted octanol–water partition coefficient (Wildman–Crippen LogP) is 2.81. The molecule has 1 unspecified atom stereocenters. The molecule has 11 heteroatoms. The van der Waals surface area contributed by atoms with E-state index in [9.17, 15) is 13.2 Å². The van der Waals surface area contributed by atoms with Gasteiger partial charge in [-0.3, -0.25) is 4.79 Å². The first kappa shape index (κ1) is 21.8. The van der Waals surface area contributed by atoms with Crippen LogP contribution in [-0.2, 0) is 14.6 Å². The fraction of sp³-hybridized carbons (Fsp3) is 0.500. The molecule has 2 heterocycles. The summed E-state index contributed by atoms with van der Waals surface area (Å²) in [5.74, 6) is 1.08. The van der Waals surface area contributed by atoms with Gasteiger partial charge in [0.2, 0.25) is 11.0 Å². The number of hydrogen-bond donors (Lipinski definition) is 1. The zero-order chi connectivity index (χ0) is 20.9. The summed E-state index contributed by atoms with van der Waals surface area (Å²) in [4.78, 5) is 14.3. The average Bonchev–Trinajstić information content (AvgIpc) is 3.28. The molecule has 158 valence electrons. The van der Waals surface area contributed by atoms with E-state index in [0.717, 1.165) is 11.4 Å². The molecule has 1 saturated heterocycles. The summed E-state index contributed by atoms with van der Waals surface area (Å²) in [7, 11) is -3.02. The number of sulfone groups is 1. The van der Waals surface area contributed by atoms with Crippen molar-refractivity contribution in [1.82, 2.24) is 15.1 Å². The van der Waals surface area contributed by atoms with Crippen molar-refractivity contribution in [2.45, 2.75) is 30.6 Å². The maximum Gasteiger partial charge on any atom is 0.233 e. The molecule has 1 aromatic carbocycles. The third kappa shape index (κ3) is 5.83. The van der Waals surface area contributed by atoms with Gasteiger partial charge in [-0.1, -0.05) is 35.2 Å². The number of rotatable bonds is 9. The van der Waals surface area contributed by atoms with E-state index in [-0.39, 0.29) is 29.2 Å². The van der Waals surface area contributed by atoms with Crippen molar-refractivity contribution in [3.8, 4) is 5.75 Å². The quantitative estimate of drug-likeness (QED) is 0.575. The molecule has 1 N–H and O–H groups in total. The Labute approximate surface area is 179 Å². The molecule has 0 spiro atoms. The van der Waals surface area contributed by atoms with Gasteiger partial charge in [0.1, 0.15) is 5.75 Å². The molecule has 3 rings (SSSR count). The Morgan fingerprint density at radius 3 is 2.83 bits per heavy atom. The molecular weight excluding hydrogens is 432 g/mol. The first-order chi connectivity index (χ1) is 13.9. The summed E-state index contributed by atoms with van der Waals surface area (Å²) in [6.07, 6.45) is 0.513. The molecule has 1 fully saturated rings. The van der Waals surface area contributed by atoms with E-state index < -0.39 is 9.84 Å². The fourth-order valence-electron chi connectivity index (χ4n) is 3.15. The van der Waals surface area contributed by atoms with E-state index in [2.05, 4.69) is 15.5 Å².